The predicted octanol–water partition coefficient (Wildman–Crippen LogP) is 2.76. The van der Waals surface area contributed by atoms with Crippen LogP contribution in [0.15, 0.2) is 29.6 Å². The lowest BCUT2D eigenvalue weighted by molar-refractivity contribution is 0.0906. The Hall–Kier alpha value is -1.79. The van der Waals surface area contributed by atoms with E-state index in [9.17, 15) is 14.3 Å². The standard InChI is InChI=1S/C16H19FN2O2S/c1-2-3-13(20)9-18-16(21)14-10-22-15(19-14)8-11-4-6-12(17)7-5-11/h4-7,10,13,20H,2-3,8-9H2,1H3,(H,18,21). The average molecular weight is 322 g/mol. The SMILES string of the molecule is CCCC(O)CNC(=O)c1csc(Cc2ccc(F)cc2)n1. The van der Waals surface area contributed by atoms with Crippen LogP contribution in [0.2, 0.25) is 0 Å². The average Bonchev–Trinajstić information content (AvgIpc) is 2.96. The maximum Gasteiger partial charge on any atom is 0.270 e. The van der Waals surface area contributed by atoms with Crippen LogP contribution < -0.4 is 5.32 Å². The Morgan fingerprint density at radius 2 is 2.14 bits per heavy atom. The van der Waals surface area contributed by atoms with Gasteiger partial charge >= 0.3 is 0 Å². The molecule has 0 spiro atoms. The molecule has 0 aliphatic heterocycles. The molecule has 4 nitrogen and oxygen atoms in total. The van der Waals surface area contributed by atoms with Crippen LogP contribution in [0.1, 0.15) is 40.8 Å². The van der Waals surface area contributed by atoms with Gasteiger partial charge in [-0.05, 0) is 24.1 Å². The first-order valence-corrected chi connectivity index (χ1v) is 8.11. The molecule has 0 aliphatic carbocycles. The molecule has 118 valence electrons. The number of hydrogen-bond donors (Lipinski definition) is 2. The van der Waals surface area contributed by atoms with Gasteiger partial charge in [-0.15, -0.1) is 11.3 Å². The molecule has 1 unspecified atom stereocenters. The zero-order valence-electron chi connectivity index (χ0n) is 12.4. The summed E-state index contributed by atoms with van der Waals surface area (Å²) in [4.78, 5) is 16.2. The molecule has 0 aliphatic rings. The van der Waals surface area contributed by atoms with Crippen molar-refractivity contribution in [2.45, 2.75) is 32.3 Å². The molecule has 2 rings (SSSR count). The van der Waals surface area contributed by atoms with E-state index in [1.165, 1.54) is 23.5 Å². The van der Waals surface area contributed by atoms with Crippen molar-refractivity contribution in [2.75, 3.05) is 6.54 Å². The first-order valence-electron chi connectivity index (χ1n) is 7.23. The van der Waals surface area contributed by atoms with Gasteiger partial charge < -0.3 is 10.4 Å². The van der Waals surface area contributed by atoms with Crippen LogP contribution >= 0.6 is 11.3 Å². The van der Waals surface area contributed by atoms with E-state index in [4.69, 9.17) is 0 Å². The van der Waals surface area contributed by atoms with Gasteiger partial charge in [-0.25, -0.2) is 9.37 Å². The molecule has 0 bridgehead atoms. The van der Waals surface area contributed by atoms with Gasteiger partial charge in [0.15, 0.2) is 0 Å². The van der Waals surface area contributed by atoms with Crippen LogP contribution in [0.5, 0.6) is 0 Å². The van der Waals surface area contributed by atoms with E-state index in [-0.39, 0.29) is 18.3 Å². The third-order valence-corrected chi connectivity index (χ3v) is 4.02. The highest BCUT2D eigenvalue weighted by atomic mass is 32.1. The Morgan fingerprint density at radius 1 is 1.41 bits per heavy atom. The number of nitrogens with zero attached hydrogens (tertiary/aromatic N) is 1. The van der Waals surface area contributed by atoms with Crippen LogP contribution in [-0.2, 0) is 6.42 Å². The predicted molar refractivity (Wildman–Crippen MR) is 84.6 cm³/mol. The number of benzene rings is 1. The van der Waals surface area contributed by atoms with Gasteiger partial charge in [0.1, 0.15) is 11.5 Å². The minimum Gasteiger partial charge on any atom is -0.391 e. The van der Waals surface area contributed by atoms with Gasteiger partial charge in [-0.2, -0.15) is 0 Å². The summed E-state index contributed by atoms with van der Waals surface area (Å²) in [6, 6.07) is 6.23. The Kier molecular flexibility index (Phi) is 6.03. The first-order chi connectivity index (χ1) is 10.6. The molecule has 22 heavy (non-hydrogen) atoms. The number of nitrogens with one attached hydrogen (secondary N) is 1. The number of amides is 1. The van der Waals surface area contributed by atoms with Gasteiger partial charge in [0.05, 0.1) is 11.1 Å². The summed E-state index contributed by atoms with van der Waals surface area (Å²) in [5, 5.41) is 14.8. The summed E-state index contributed by atoms with van der Waals surface area (Å²) in [5.41, 5.74) is 1.30. The van der Waals surface area contributed by atoms with Crippen LogP contribution in [0, 0.1) is 5.82 Å². The number of halogens is 1. The molecule has 0 radical (unpaired) electrons. The van der Waals surface area contributed by atoms with Crippen molar-refractivity contribution in [3.05, 3.63) is 51.7 Å². The zero-order chi connectivity index (χ0) is 15.9. The second-order valence-electron chi connectivity index (χ2n) is 5.08. The van der Waals surface area contributed by atoms with E-state index in [2.05, 4.69) is 10.3 Å². The summed E-state index contributed by atoms with van der Waals surface area (Å²) in [6.45, 7) is 2.21. The van der Waals surface area contributed by atoms with Crippen molar-refractivity contribution in [2.24, 2.45) is 0 Å². The fourth-order valence-electron chi connectivity index (χ4n) is 2.01. The molecule has 1 heterocycles. The summed E-state index contributed by atoms with van der Waals surface area (Å²) in [6.07, 6.45) is 1.57. The molecular weight excluding hydrogens is 303 g/mol. The van der Waals surface area contributed by atoms with E-state index in [0.717, 1.165) is 17.0 Å². The second-order valence-corrected chi connectivity index (χ2v) is 6.02. The van der Waals surface area contributed by atoms with Gasteiger partial charge in [0.25, 0.3) is 5.91 Å². The normalized spacial score (nSPS) is 12.1. The second kappa shape index (κ2) is 8.00. The number of carbonyl (C=O) groups is 1. The van der Waals surface area contributed by atoms with Crippen molar-refractivity contribution >= 4 is 17.2 Å². The quantitative estimate of drug-likeness (QED) is 0.824. The third kappa shape index (κ3) is 4.89. The van der Waals surface area contributed by atoms with Crippen molar-refractivity contribution < 1.29 is 14.3 Å². The first kappa shape index (κ1) is 16.6. The molecular formula is C16H19FN2O2S. The van der Waals surface area contributed by atoms with Crippen molar-refractivity contribution in [1.82, 2.24) is 10.3 Å². The van der Waals surface area contributed by atoms with Crippen molar-refractivity contribution in [3.8, 4) is 0 Å². The molecule has 1 atom stereocenters. The van der Waals surface area contributed by atoms with E-state index in [1.807, 2.05) is 6.92 Å². The molecule has 1 aromatic carbocycles. The molecule has 0 saturated heterocycles. The fraction of sp³-hybridized carbons (Fsp3) is 0.375. The third-order valence-electron chi connectivity index (χ3n) is 3.17. The number of hydrogen-bond acceptors (Lipinski definition) is 4. The van der Waals surface area contributed by atoms with Crippen LogP contribution in [0.4, 0.5) is 4.39 Å². The lowest BCUT2D eigenvalue weighted by atomic mass is 10.1. The summed E-state index contributed by atoms with van der Waals surface area (Å²) < 4.78 is 12.9. The number of rotatable bonds is 7. The maximum absolute atomic E-state index is 12.9. The Morgan fingerprint density at radius 3 is 2.82 bits per heavy atom. The fourth-order valence-corrected chi connectivity index (χ4v) is 2.82. The maximum atomic E-state index is 12.9. The van der Waals surface area contributed by atoms with Crippen molar-refractivity contribution in [3.63, 3.8) is 0 Å². The van der Waals surface area contributed by atoms with E-state index < -0.39 is 6.10 Å². The van der Waals surface area contributed by atoms with Crippen LogP contribution in [0.3, 0.4) is 0 Å². The Balaban J connectivity index is 1.90. The van der Waals surface area contributed by atoms with Gasteiger partial charge in [-0.3, -0.25) is 4.79 Å². The van der Waals surface area contributed by atoms with Gasteiger partial charge in [0.2, 0.25) is 0 Å². The lowest BCUT2D eigenvalue weighted by Gasteiger charge is -2.09. The van der Waals surface area contributed by atoms with E-state index >= 15 is 0 Å². The minimum atomic E-state index is -0.522. The molecule has 1 aromatic heterocycles. The Bertz CT molecular complexity index is 613. The number of carbonyl (C=O) groups excluding carboxylic acids is 1. The van der Waals surface area contributed by atoms with Crippen LogP contribution in [-0.4, -0.2) is 28.6 Å². The van der Waals surface area contributed by atoms with Crippen molar-refractivity contribution in [1.29, 1.82) is 0 Å². The monoisotopic (exact) mass is 322 g/mol. The Labute approximate surface area is 133 Å². The van der Waals surface area contributed by atoms with E-state index in [1.54, 1.807) is 17.5 Å². The molecule has 2 N–H and O–H groups in total. The topological polar surface area (TPSA) is 62.2 Å². The van der Waals surface area contributed by atoms with Gasteiger partial charge in [0, 0.05) is 18.3 Å². The molecule has 0 fully saturated rings. The summed E-state index contributed by atoms with van der Waals surface area (Å²) >= 11 is 1.39. The molecule has 6 heteroatoms. The smallest absolute Gasteiger partial charge is 0.270 e. The van der Waals surface area contributed by atoms with Crippen LogP contribution in [0.25, 0.3) is 0 Å². The minimum absolute atomic E-state index is 0.234. The summed E-state index contributed by atoms with van der Waals surface area (Å²) in [5.74, 6) is -0.551. The number of aliphatic hydroxyl groups excluding tert-OH is 1. The molecule has 0 saturated carbocycles. The largest absolute Gasteiger partial charge is 0.391 e. The van der Waals surface area contributed by atoms with Gasteiger partial charge in [-0.1, -0.05) is 25.5 Å². The molecule has 1 amide bonds. The van der Waals surface area contributed by atoms with E-state index in [0.29, 0.717) is 18.5 Å². The number of aromatic nitrogens is 1. The highest BCUT2D eigenvalue weighted by molar-refractivity contribution is 7.09. The lowest BCUT2D eigenvalue weighted by Crippen LogP contribution is -2.32. The summed E-state index contributed by atoms with van der Waals surface area (Å²) in [7, 11) is 0. The number of thiazole rings is 1. The molecule has 2 aromatic rings. The number of aliphatic hydroxyl groups is 1. The highest BCUT2D eigenvalue weighted by Gasteiger charge is 2.12. The highest BCUT2D eigenvalue weighted by Crippen LogP contribution is 2.15. The zero-order valence-corrected chi connectivity index (χ0v) is 13.2.